The first-order valence-corrected chi connectivity index (χ1v) is 7.83. The molecule has 2 heterocycles. The molecule has 0 unspecified atom stereocenters. The molecule has 2 N–H and O–H groups in total. The summed E-state index contributed by atoms with van der Waals surface area (Å²) >= 11 is 0. The Morgan fingerprint density at radius 3 is 2.84 bits per heavy atom. The van der Waals surface area contributed by atoms with Crippen molar-refractivity contribution >= 4 is 17.5 Å². The molecule has 0 bridgehead atoms. The van der Waals surface area contributed by atoms with E-state index in [0.29, 0.717) is 5.69 Å². The predicted molar refractivity (Wildman–Crippen MR) is 92.9 cm³/mol. The molecular formula is C18H18N4O3. The normalized spacial score (nSPS) is 10.4. The maximum atomic E-state index is 12.0. The molecule has 25 heavy (non-hydrogen) atoms. The van der Waals surface area contributed by atoms with E-state index in [1.165, 1.54) is 6.26 Å². The Hall–Kier alpha value is -3.35. The summed E-state index contributed by atoms with van der Waals surface area (Å²) in [5, 5.41) is 5.46. The molecule has 0 saturated carbocycles. The van der Waals surface area contributed by atoms with E-state index in [0.717, 1.165) is 11.4 Å². The number of benzene rings is 1. The molecule has 128 valence electrons. The lowest BCUT2D eigenvalue weighted by molar-refractivity contribution is -0.116. The first-order chi connectivity index (χ1) is 12.1. The van der Waals surface area contributed by atoms with E-state index in [-0.39, 0.29) is 30.5 Å². The summed E-state index contributed by atoms with van der Waals surface area (Å²) in [7, 11) is 1.91. The number of amides is 2. The van der Waals surface area contributed by atoms with Crippen molar-refractivity contribution in [2.75, 3.05) is 11.9 Å². The van der Waals surface area contributed by atoms with Gasteiger partial charge < -0.3 is 19.6 Å². The van der Waals surface area contributed by atoms with Gasteiger partial charge in [-0.3, -0.25) is 9.59 Å². The number of carbonyl (C=O) groups excluding carboxylic acids is 2. The van der Waals surface area contributed by atoms with Gasteiger partial charge in [0.15, 0.2) is 5.76 Å². The zero-order valence-corrected chi connectivity index (χ0v) is 13.7. The Labute approximate surface area is 144 Å². The highest BCUT2D eigenvalue weighted by atomic mass is 16.3. The molecule has 1 aromatic carbocycles. The minimum absolute atomic E-state index is 0.166. The highest BCUT2D eigenvalue weighted by Gasteiger charge is 2.10. The summed E-state index contributed by atoms with van der Waals surface area (Å²) in [5.41, 5.74) is 1.60. The van der Waals surface area contributed by atoms with Crippen LogP contribution in [0.25, 0.3) is 11.4 Å². The van der Waals surface area contributed by atoms with Crippen LogP contribution in [-0.2, 0) is 11.8 Å². The van der Waals surface area contributed by atoms with Crippen molar-refractivity contribution in [3.63, 3.8) is 0 Å². The number of aromatic nitrogens is 2. The lowest BCUT2D eigenvalue weighted by Crippen LogP contribution is -2.27. The highest BCUT2D eigenvalue weighted by Crippen LogP contribution is 2.20. The van der Waals surface area contributed by atoms with Crippen molar-refractivity contribution in [3.05, 3.63) is 60.8 Å². The fraction of sp³-hybridized carbons (Fsp3) is 0.167. The average molecular weight is 338 g/mol. The van der Waals surface area contributed by atoms with E-state index < -0.39 is 0 Å². The van der Waals surface area contributed by atoms with Gasteiger partial charge in [0, 0.05) is 43.7 Å². The second-order valence-electron chi connectivity index (χ2n) is 5.47. The monoisotopic (exact) mass is 338 g/mol. The minimum Gasteiger partial charge on any atom is -0.459 e. The van der Waals surface area contributed by atoms with Gasteiger partial charge in [-0.25, -0.2) is 4.98 Å². The summed E-state index contributed by atoms with van der Waals surface area (Å²) in [6.45, 7) is 0.227. The van der Waals surface area contributed by atoms with Crippen LogP contribution < -0.4 is 10.6 Å². The van der Waals surface area contributed by atoms with Gasteiger partial charge in [0.25, 0.3) is 5.91 Å². The number of hydrogen-bond donors (Lipinski definition) is 2. The number of nitrogens with zero attached hydrogens (tertiary/aromatic N) is 2. The van der Waals surface area contributed by atoms with Crippen LogP contribution in [0.1, 0.15) is 17.0 Å². The van der Waals surface area contributed by atoms with Crippen LogP contribution in [0.5, 0.6) is 0 Å². The summed E-state index contributed by atoms with van der Waals surface area (Å²) in [4.78, 5) is 28.0. The topological polar surface area (TPSA) is 89.2 Å². The maximum absolute atomic E-state index is 12.0. The average Bonchev–Trinajstić information content (AvgIpc) is 3.26. The number of aryl methyl sites for hydroxylation is 1. The number of nitrogens with one attached hydrogen (secondary N) is 2. The summed E-state index contributed by atoms with van der Waals surface area (Å²) < 4.78 is 6.89. The van der Waals surface area contributed by atoms with E-state index in [1.807, 2.05) is 42.1 Å². The molecule has 0 aliphatic heterocycles. The number of anilines is 1. The minimum atomic E-state index is -0.338. The van der Waals surface area contributed by atoms with Crippen molar-refractivity contribution in [2.45, 2.75) is 6.42 Å². The number of furan rings is 1. The van der Waals surface area contributed by atoms with Gasteiger partial charge in [-0.2, -0.15) is 0 Å². The zero-order valence-electron chi connectivity index (χ0n) is 13.7. The third-order valence-corrected chi connectivity index (χ3v) is 3.61. The van der Waals surface area contributed by atoms with Crippen LogP contribution in [0.4, 0.5) is 5.69 Å². The van der Waals surface area contributed by atoms with Crippen LogP contribution in [0.15, 0.2) is 59.5 Å². The van der Waals surface area contributed by atoms with Crippen molar-refractivity contribution in [1.29, 1.82) is 0 Å². The number of hydrogen-bond acceptors (Lipinski definition) is 4. The summed E-state index contributed by atoms with van der Waals surface area (Å²) in [6.07, 6.45) is 5.18. The van der Waals surface area contributed by atoms with E-state index in [1.54, 1.807) is 18.3 Å². The van der Waals surface area contributed by atoms with Crippen LogP contribution in [0.3, 0.4) is 0 Å². The maximum Gasteiger partial charge on any atom is 0.286 e. The van der Waals surface area contributed by atoms with Gasteiger partial charge in [-0.05, 0) is 24.3 Å². The van der Waals surface area contributed by atoms with Gasteiger partial charge >= 0.3 is 0 Å². The van der Waals surface area contributed by atoms with Crippen LogP contribution in [0.2, 0.25) is 0 Å². The Bertz CT molecular complexity index is 868. The number of imidazole rings is 1. The van der Waals surface area contributed by atoms with E-state index in [4.69, 9.17) is 4.42 Å². The largest absolute Gasteiger partial charge is 0.459 e. The predicted octanol–water partition coefficient (Wildman–Crippen LogP) is 2.44. The van der Waals surface area contributed by atoms with E-state index in [2.05, 4.69) is 15.6 Å². The molecular weight excluding hydrogens is 320 g/mol. The third-order valence-electron chi connectivity index (χ3n) is 3.61. The fourth-order valence-electron chi connectivity index (χ4n) is 2.39. The third kappa shape index (κ3) is 4.14. The van der Waals surface area contributed by atoms with Gasteiger partial charge in [-0.1, -0.05) is 12.1 Å². The molecule has 2 aromatic heterocycles. The molecule has 0 radical (unpaired) electrons. The second-order valence-corrected chi connectivity index (χ2v) is 5.47. The SMILES string of the molecule is Cn1ccnc1-c1cccc(NC(=O)CCNC(=O)c2ccco2)c1. The Morgan fingerprint density at radius 2 is 2.12 bits per heavy atom. The lowest BCUT2D eigenvalue weighted by Gasteiger charge is -2.08. The second kappa shape index (κ2) is 7.48. The van der Waals surface area contributed by atoms with Gasteiger partial charge in [0.05, 0.1) is 6.26 Å². The van der Waals surface area contributed by atoms with Crippen LogP contribution >= 0.6 is 0 Å². The summed E-state index contributed by atoms with van der Waals surface area (Å²) in [6, 6.07) is 10.7. The van der Waals surface area contributed by atoms with Crippen LogP contribution in [0, 0.1) is 0 Å². The summed E-state index contributed by atoms with van der Waals surface area (Å²) in [5.74, 6) is 0.524. The standard InChI is InChI=1S/C18H18N4O3/c1-22-10-9-19-17(22)13-4-2-5-14(12-13)21-16(23)7-8-20-18(24)15-6-3-11-25-15/h2-6,9-12H,7-8H2,1H3,(H,20,24)(H,21,23). The molecule has 3 aromatic rings. The van der Waals surface area contributed by atoms with Crippen LogP contribution in [-0.4, -0.2) is 27.9 Å². The molecule has 0 aliphatic rings. The van der Waals surface area contributed by atoms with Gasteiger partial charge in [0.1, 0.15) is 5.82 Å². The van der Waals surface area contributed by atoms with Crippen molar-refractivity contribution in [3.8, 4) is 11.4 Å². The van der Waals surface area contributed by atoms with Crippen molar-refractivity contribution < 1.29 is 14.0 Å². The molecule has 0 saturated heterocycles. The smallest absolute Gasteiger partial charge is 0.286 e. The van der Waals surface area contributed by atoms with E-state index >= 15 is 0 Å². The lowest BCUT2D eigenvalue weighted by atomic mass is 10.2. The highest BCUT2D eigenvalue weighted by molar-refractivity contribution is 5.93. The fourth-order valence-corrected chi connectivity index (χ4v) is 2.39. The number of carbonyl (C=O) groups is 2. The van der Waals surface area contributed by atoms with Crippen molar-refractivity contribution in [1.82, 2.24) is 14.9 Å². The molecule has 0 aliphatic carbocycles. The first-order valence-electron chi connectivity index (χ1n) is 7.83. The zero-order chi connectivity index (χ0) is 17.6. The Morgan fingerprint density at radius 1 is 1.24 bits per heavy atom. The molecule has 0 fully saturated rings. The van der Waals surface area contributed by atoms with Gasteiger partial charge in [-0.15, -0.1) is 0 Å². The Balaban J connectivity index is 1.53. The Kier molecular flexibility index (Phi) is 4.94. The van der Waals surface area contributed by atoms with Crippen molar-refractivity contribution in [2.24, 2.45) is 7.05 Å². The molecule has 0 spiro atoms. The molecule has 7 heteroatoms. The van der Waals surface area contributed by atoms with Gasteiger partial charge in [0.2, 0.25) is 5.91 Å². The first kappa shape index (κ1) is 16.5. The van der Waals surface area contributed by atoms with E-state index in [9.17, 15) is 9.59 Å². The molecule has 3 rings (SSSR count). The number of rotatable bonds is 6. The molecule has 2 amide bonds. The molecule has 7 nitrogen and oxygen atoms in total. The molecule has 0 atom stereocenters. The quantitative estimate of drug-likeness (QED) is 0.722.